The largest absolute Gasteiger partial charge is 0.490 e. The van der Waals surface area contributed by atoms with Crippen molar-refractivity contribution in [2.75, 3.05) is 37.7 Å². The molecule has 0 aromatic heterocycles. The molecule has 2 rings (SSSR count). The summed E-state index contributed by atoms with van der Waals surface area (Å²) in [5.41, 5.74) is 1.56. The van der Waals surface area contributed by atoms with E-state index in [1.165, 1.54) is 0 Å². The van der Waals surface area contributed by atoms with Crippen molar-refractivity contribution in [1.82, 2.24) is 5.32 Å². The number of anilines is 1. The van der Waals surface area contributed by atoms with Crippen molar-refractivity contribution in [1.29, 1.82) is 5.26 Å². The predicted molar refractivity (Wildman–Crippen MR) is 83.2 cm³/mol. The van der Waals surface area contributed by atoms with E-state index in [1.54, 1.807) is 6.07 Å². The minimum absolute atomic E-state index is 0.0630. The van der Waals surface area contributed by atoms with E-state index < -0.39 is 0 Å². The molecule has 1 aliphatic heterocycles. The lowest BCUT2D eigenvalue weighted by atomic mass is 10.1. The monoisotopic (exact) mass is 289 g/mol. The molecule has 1 heterocycles. The molecule has 114 valence electrons. The molecule has 0 aliphatic carbocycles. The fraction of sp³-hybridized carbons (Fsp3) is 0.562. The topological polar surface area (TPSA) is 57.5 Å². The first-order valence-electron chi connectivity index (χ1n) is 7.49. The zero-order chi connectivity index (χ0) is 15.2. The van der Waals surface area contributed by atoms with Gasteiger partial charge < -0.3 is 19.7 Å². The minimum atomic E-state index is 0.0630. The Hall–Kier alpha value is -1.93. The molecule has 0 spiro atoms. The van der Waals surface area contributed by atoms with Gasteiger partial charge in [0.05, 0.1) is 24.0 Å². The van der Waals surface area contributed by atoms with Gasteiger partial charge >= 0.3 is 0 Å². The lowest BCUT2D eigenvalue weighted by Gasteiger charge is -2.31. The Balaban J connectivity index is 2.40. The Kier molecular flexibility index (Phi) is 5.29. The summed E-state index contributed by atoms with van der Waals surface area (Å²) in [4.78, 5) is 2.22. The van der Waals surface area contributed by atoms with Crippen molar-refractivity contribution in [3.05, 3.63) is 17.7 Å². The average molecular weight is 289 g/mol. The van der Waals surface area contributed by atoms with Crippen LogP contribution in [0.3, 0.4) is 0 Å². The fourth-order valence-electron chi connectivity index (χ4n) is 2.42. The molecule has 1 fully saturated rings. The Labute approximate surface area is 126 Å². The van der Waals surface area contributed by atoms with Gasteiger partial charge in [-0.3, -0.25) is 0 Å². The SMILES string of the molecule is CCOc1cc(C#N)c(N2CCNCC2)cc1OC(C)C. The van der Waals surface area contributed by atoms with E-state index in [0.717, 1.165) is 31.9 Å². The van der Waals surface area contributed by atoms with Crippen LogP contribution in [0, 0.1) is 11.3 Å². The van der Waals surface area contributed by atoms with Gasteiger partial charge in [-0.05, 0) is 20.8 Å². The number of benzene rings is 1. The van der Waals surface area contributed by atoms with Crippen LogP contribution in [0.15, 0.2) is 12.1 Å². The summed E-state index contributed by atoms with van der Waals surface area (Å²) < 4.78 is 11.5. The van der Waals surface area contributed by atoms with Gasteiger partial charge in [0.1, 0.15) is 6.07 Å². The standard InChI is InChI=1S/C16H23N3O2/c1-4-20-15-9-13(11-17)14(10-16(15)21-12(2)3)19-7-5-18-6-8-19/h9-10,12,18H,4-8H2,1-3H3. The van der Waals surface area contributed by atoms with Gasteiger partial charge in [0, 0.05) is 38.3 Å². The lowest BCUT2D eigenvalue weighted by Crippen LogP contribution is -2.43. The van der Waals surface area contributed by atoms with E-state index in [2.05, 4.69) is 16.3 Å². The highest BCUT2D eigenvalue weighted by Crippen LogP contribution is 2.36. The molecule has 0 bridgehead atoms. The maximum absolute atomic E-state index is 9.43. The summed E-state index contributed by atoms with van der Waals surface area (Å²) in [5.74, 6) is 1.35. The van der Waals surface area contributed by atoms with Crippen LogP contribution in [-0.4, -0.2) is 38.9 Å². The first-order chi connectivity index (χ1) is 10.2. The van der Waals surface area contributed by atoms with Crippen molar-refractivity contribution in [2.45, 2.75) is 26.9 Å². The number of nitrogens with one attached hydrogen (secondary N) is 1. The third kappa shape index (κ3) is 3.79. The third-order valence-electron chi connectivity index (χ3n) is 3.30. The van der Waals surface area contributed by atoms with Crippen molar-refractivity contribution in [2.24, 2.45) is 0 Å². The summed E-state index contributed by atoms with van der Waals surface area (Å²) in [6.07, 6.45) is 0.0630. The fourth-order valence-corrected chi connectivity index (χ4v) is 2.42. The Morgan fingerprint density at radius 2 is 2.00 bits per heavy atom. The molecule has 0 unspecified atom stereocenters. The van der Waals surface area contributed by atoms with Crippen molar-refractivity contribution in [3.63, 3.8) is 0 Å². The van der Waals surface area contributed by atoms with Crippen LogP contribution in [0.1, 0.15) is 26.3 Å². The first-order valence-corrected chi connectivity index (χ1v) is 7.49. The quantitative estimate of drug-likeness (QED) is 0.900. The summed E-state index contributed by atoms with van der Waals surface area (Å²) in [6.45, 7) is 10.1. The number of nitrogens with zero attached hydrogens (tertiary/aromatic N) is 2. The van der Waals surface area contributed by atoms with Crippen molar-refractivity contribution >= 4 is 5.69 Å². The second kappa shape index (κ2) is 7.19. The zero-order valence-corrected chi connectivity index (χ0v) is 13.0. The maximum Gasteiger partial charge on any atom is 0.163 e. The molecule has 0 atom stereocenters. The van der Waals surface area contributed by atoms with Gasteiger partial charge in [0.2, 0.25) is 0 Å². The predicted octanol–water partition coefficient (Wildman–Crippen LogP) is 2.15. The molecule has 0 saturated carbocycles. The van der Waals surface area contributed by atoms with Gasteiger partial charge in [-0.2, -0.15) is 5.26 Å². The molecule has 1 aliphatic rings. The van der Waals surface area contributed by atoms with Crippen LogP contribution < -0.4 is 19.7 Å². The molecule has 0 radical (unpaired) electrons. The van der Waals surface area contributed by atoms with E-state index >= 15 is 0 Å². The molecule has 0 amide bonds. The second-order valence-electron chi connectivity index (χ2n) is 5.26. The number of piperazine rings is 1. The Morgan fingerprint density at radius 3 is 2.57 bits per heavy atom. The van der Waals surface area contributed by atoms with Crippen LogP contribution in [0.2, 0.25) is 0 Å². The van der Waals surface area contributed by atoms with E-state index in [9.17, 15) is 5.26 Å². The molecule has 1 aromatic rings. The molecule has 5 nitrogen and oxygen atoms in total. The molecule has 1 aromatic carbocycles. The number of nitriles is 1. The first kappa shape index (κ1) is 15.5. The summed E-state index contributed by atoms with van der Waals surface area (Å²) in [6, 6.07) is 6.00. The van der Waals surface area contributed by atoms with Gasteiger partial charge in [0.15, 0.2) is 11.5 Å². The number of hydrogen-bond donors (Lipinski definition) is 1. The van der Waals surface area contributed by atoms with Gasteiger partial charge in [0.25, 0.3) is 0 Å². The smallest absolute Gasteiger partial charge is 0.163 e. The summed E-state index contributed by atoms with van der Waals surface area (Å²) in [5, 5.41) is 12.7. The van der Waals surface area contributed by atoms with Crippen LogP contribution in [-0.2, 0) is 0 Å². The van der Waals surface area contributed by atoms with Crippen LogP contribution >= 0.6 is 0 Å². The highest BCUT2D eigenvalue weighted by atomic mass is 16.5. The molecule has 5 heteroatoms. The average Bonchev–Trinajstić information content (AvgIpc) is 2.49. The Bertz CT molecular complexity index is 517. The van der Waals surface area contributed by atoms with Crippen molar-refractivity contribution < 1.29 is 9.47 Å². The number of rotatable bonds is 5. The lowest BCUT2D eigenvalue weighted by molar-refractivity contribution is 0.224. The molecular formula is C16H23N3O2. The number of hydrogen-bond acceptors (Lipinski definition) is 5. The Morgan fingerprint density at radius 1 is 1.29 bits per heavy atom. The van der Waals surface area contributed by atoms with Crippen molar-refractivity contribution in [3.8, 4) is 17.6 Å². The third-order valence-corrected chi connectivity index (χ3v) is 3.30. The highest BCUT2D eigenvalue weighted by Gasteiger charge is 2.19. The molecule has 21 heavy (non-hydrogen) atoms. The van der Waals surface area contributed by atoms with Crippen LogP contribution in [0.25, 0.3) is 0 Å². The van der Waals surface area contributed by atoms with Gasteiger partial charge in [-0.1, -0.05) is 0 Å². The minimum Gasteiger partial charge on any atom is -0.490 e. The van der Waals surface area contributed by atoms with E-state index in [4.69, 9.17) is 9.47 Å². The van der Waals surface area contributed by atoms with Crippen LogP contribution in [0.4, 0.5) is 5.69 Å². The molecule has 1 saturated heterocycles. The van der Waals surface area contributed by atoms with Gasteiger partial charge in [-0.25, -0.2) is 0 Å². The van der Waals surface area contributed by atoms with Gasteiger partial charge in [-0.15, -0.1) is 0 Å². The van der Waals surface area contributed by atoms with E-state index in [0.29, 0.717) is 23.7 Å². The summed E-state index contributed by atoms with van der Waals surface area (Å²) in [7, 11) is 0. The highest BCUT2D eigenvalue weighted by molar-refractivity contribution is 5.66. The summed E-state index contributed by atoms with van der Waals surface area (Å²) >= 11 is 0. The maximum atomic E-state index is 9.43. The second-order valence-corrected chi connectivity index (χ2v) is 5.26. The van der Waals surface area contributed by atoms with E-state index in [-0.39, 0.29) is 6.10 Å². The van der Waals surface area contributed by atoms with Crippen LogP contribution in [0.5, 0.6) is 11.5 Å². The normalized spacial score (nSPS) is 14.9. The van der Waals surface area contributed by atoms with E-state index in [1.807, 2.05) is 26.8 Å². The number of ether oxygens (including phenoxy) is 2. The molecular weight excluding hydrogens is 266 g/mol. The zero-order valence-electron chi connectivity index (χ0n) is 13.0. The molecule has 1 N–H and O–H groups in total.